The normalized spacial score (nSPS) is 15.1. The van der Waals surface area contributed by atoms with Gasteiger partial charge in [-0.2, -0.15) is 0 Å². The lowest BCUT2D eigenvalue weighted by Gasteiger charge is -2.37. The fourth-order valence-corrected chi connectivity index (χ4v) is 3.44. The first-order valence-corrected chi connectivity index (χ1v) is 8.50. The zero-order valence-corrected chi connectivity index (χ0v) is 14.2. The summed E-state index contributed by atoms with van der Waals surface area (Å²) in [5.41, 5.74) is 5.95. The highest BCUT2D eigenvalue weighted by atomic mass is 15.3. The molecule has 1 aromatic heterocycles. The van der Waals surface area contributed by atoms with E-state index in [1.165, 1.54) is 16.8 Å². The van der Waals surface area contributed by atoms with Crippen molar-refractivity contribution >= 4 is 22.5 Å². The Labute approximate surface area is 142 Å². The summed E-state index contributed by atoms with van der Waals surface area (Å²) >= 11 is 0. The zero-order valence-electron chi connectivity index (χ0n) is 14.2. The molecule has 1 aliphatic heterocycles. The second-order valence-electron chi connectivity index (χ2n) is 6.48. The maximum Gasteiger partial charge on any atom is 0.147 e. The smallest absolute Gasteiger partial charge is 0.147 e. The van der Waals surface area contributed by atoms with E-state index < -0.39 is 0 Å². The van der Waals surface area contributed by atoms with Gasteiger partial charge in [0.15, 0.2) is 0 Å². The Morgan fingerprint density at radius 1 is 0.833 bits per heavy atom. The molecule has 1 fully saturated rings. The van der Waals surface area contributed by atoms with Crippen LogP contribution in [0.5, 0.6) is 0 Å². The number of benzene rings is 2. The summed E-state index contributed by atoms with van der Waals surface area (Å²) in [6, 6.07) is 14.7. The molecule has 122 valence electrons. The second kappa shape index (κ2) is 6.11. The molecule has 1 aliphatic rings. The van der Waals surface area contributed by atoms with Crippen LogP contribution in [0.3, 0.4) is 0 Å². The van der Waals surface area contributed by atoms with Crippen LogP contribution in [-0.2, 0) is 0 Å². The first-order valence-electron chi connectivity index (χ1n) is 8.50. The van der Waals surface area contributed by atoms with Crippen molar-refractivity contribution in [1.29, 1.82) is 0 Å². The van der Waals surface area contributed by atoms with Gasteiger partial charge < -0.3 is 9.80 Å². The molecule has 2 aromatic carbocycles. The van der Waals surface area contributed by atoms with Gasteiger partial charge in [0.25, 0.3) is 0 Å². The van der Waals surface area contributed by atoms with Gasteiger partial charge in [-0.15, -0.1) is 0 Å². The Morgan fingerprint density at radius 3 is 2.29 bits per heavy atom. The van der Waals surface area contributed by atoms with E-state index in [0.29, 0.717) is 0 Å². The minimum absolute atomic E-state index is 0.954. The highest BCUT2D eigenvalue weighted by Crippen LogP contribution is 2.24. The summed E-state index contributed by atoms with van der Waals surface area (Å²) in [6.45, 7) is 8.31. The lowest BCUT2D eigenvalue weighted by molar-refractivity contribution is 0.646. The molecule has 0 saturated carbocycles. The monoisotopic (exact) mass is 318 g/mol. The molecule has 0 atom stereocenters. The van der Waals surface area contributed by atoms with Crippen molar-refractivity contribution in [3.63, 3.8) is 0 Å². The minimum atomic E-state index is 0.954. The second-order valence-corrected chi connectivity index (χ2v) is 6.48. The van der Waals surface area contributed by atoms with Gasteiger partial charge in [0.1, 0.15) is 5.82 Å². The molecule has 0 amide bonds. The summed E-state index contributed by atoms with van der Waals surface area (Å²) < 4.78 is 0. The van der Waals surface area contributed by atoms with Crippen LogP contribution in [0.2, 0.25) is 0 Å². The molecule has 24 heavy (non-hydrogen) atoms. The van der Waals surface area contributed by atoms with E-state index in [-0.39, 0.29) is 0 Å². The van der Waals surface area contributed by atoms with E-state index >= 15 is 0 Å². The number of aromatic nitrogens is 2. The molecule has 0 N–H and O–H groups in total. The maximum absolute atomic E-state index is 4.77. The molecule has 0 spiro atoms. The first kappa shape index (κ1) is 14.9. The standard InChI is InChI=1S/C20H22N4/c1-15-7-8-19(16(2)13-15)23-9-11-24(12-10-23)20-14-21-17-5-3-4-6-18(17)22-20/h3-8,13-14H,9-12H2,1-2H3. The Morgan fingerprint density at radius 2 is 1.54 bits per heavy atom. The van der Waals surface area contributed by atoms with Gasteiger partial charge in [-0.1, -0.05) is 29.8 Å². The molecular weight excluding hydrogens is 296 g/mol. The van der Waals surface area contributed by atoms with Gasteiger partial charge in [-0.25, -0.2) is 4.98 Å². The van der Waals surface area contributed by atoms with Crippen molar-refractivity contribution in [2.45, 2.75) is 13.8 Å². The number of rotatable bonds is 2. The fourth-order valence-electron chi connectivity index (χ4n) is 3.44. The number of fused-ring (bicyclic) bond motifs is 1. The average Bonchev–Trinajstić information content (AvgIpc) is 2.62. The van der Waals surface area contributed by atoms with Crippen molar-refractivity contribution in [1.82, 2.24) is 9.97 Å². The van der Waals surface area contributed by atoms with Gasteiger partial charge in [-0.3, -0.25) is 4.98 Å². The molecule has 0 unspecified atom stereocenters. The van der Waals surface area contributed by atoms with E-state index in [9.17, 15) is 0 Å². The highest BCUT2D eigenvalue weighted by Gasteiger charge is 2.19. The van der Waals surface area contributed by atoms with Gasteiger partial charge in [0.05, 0.1) is 17.2 Å². The molecule has 0 bridgehead atoms. The molecule has 2 heterocycles. The highest BCUT2D eigenvalue weighted by molar-refractivity contribution is 5.75. The van der Waals surface area contributed by atoms with Crippen LogP contribution in [0.25, 0.3) is 11.0 Å². The largest absolute Gasteiger partial charge is 0.368 e. The molecule has 4 nitrogen and oxygen atoms in total. The van der Waals surface area contributed by atoms with Gasteiger partial charge in [0, 0.05) is 31.9 Å². The Kier molecular flexibility index (Phi) is 3.81. The third-order valence-electron chi connectivity index (χ3n) is 4.73. The van der Waals surface area contributed by atoms with Gasteiger partial charge in [-0.05, 0) is 37.6 Å². The summed E-state index contributed by atoms with van der Waals surface area (Å²) in [5.74, 6) is 0.981. The van der Waals surface area contributed by atoms with Crippen molar-refractivity contribution < 1.29 is 0 Å². The topological polar surface area (TPSA) is 32.3 Å². The number of hydrogen-bond acceptors (Lipinski definition) is 4. The molecular formula is C20H22N4. The van der Waals surface area contributed by atoms with Crippen molar-refractivity contribution in [2.24, 2.45) is 0 Å². The first-order chi connectivity index (χ1) is 11.7. The van der Waals surface area contributed by atoms with E-state index in [4.69, 9.17) is 4.98 Å². The van der Waals surface area contributed by atoms with Gasteiger partial charge >= 0.3 is 0 Å². The number of hydrogen-bond donors (Lipinski definition) is 0. The van der Waals surface area contributed by atoms with E-state index in [1.54, 1.807) is 0 Å². The quantitative estimate of drug-likeness (QED) is 0.723. The van der Waals surface area contributed by atoms with Gasteiger partial charge in [0.2, 0.25) is 0 Å². The lowest BCUT2D eigenvalue weighted by atomic mass is 10.1. The number of piperazine rings is 1. The third kappa shape index (κ3) is 2.80. The number of anilines is 2. The maximum atomic E-state index is 4.77. The predicted molar refractivity (Wildman–Crippen MR) is 99.9 cm³/mol. The van der Waals surface area contributed by atoms with Crippen LogP contribution in [0.15, 0.2) is 48.7 Å². The molecule has 3 aromatic rings. The van der Waals surface area contributed by atoms with E-state index in [1.807, 2.05) is 30.5 Å². The minimum Gasteiger partial charge on any atom is -0.368 e. The van der Waals surface area contributed by atoms with Crippen LogP contribution in [0, 0.1) is 13.8 Å². The fraction of sp³-hybridized carbons (Fsp3) is 0.300. The van der Waals surface area contributed by atoms with Crippen LogP contribution >= 0.6 is 0 Å². The third-order valence-corrected chi connectivity index (χ3v) is 4.73. The SMILES string of the molecule is Cc1ccc(N2CCN(c3cnc4ccccc4n3)CC2)c(C)c1. The number of aryl methyl sites for hydroxylation is 2. The van der Waals surface area contributed by atoms with Crippen LogP contribution in [-0.4, -0.2) is 36.1 Å². The lowest BCUT2D eigenvalue weighted by Crippen LogP contribution is -2.47. The van der Waals surface area contributed by atoms with Crippen LogP contribution in [0.4, 0.5) is 11.5 Å². The Balaban J connectivity index is 1.50. The molecule has 0 radical (unpaired) electrons. The summed E-state index contributed by atoms with van der Waals surface area (Å²) in [7, 11) is 0. The molecule has 0 aliphatic carbocycles. The predicted octanol–water partition coefficient (Wildman–Crippen LogP) is 3.57. The zero-order chi connectivity index (χ0) is 16.5. The van der Waals surface area contributed by atoms with Crippen molar-refractivity contribution in [3.05, 3.63) is 59.8 Å². The number of nitrogens with zero attached hydrogens (tertiary/aromatic N) is 4. The summed E-state index contributed by atoms with van der Waals surface area (Å²) in [5, 5.41) is 0. The van der Waals surface area contributed by atoms with Crippen LogP contribution in [0.1, 0.15) is 11.1 Å². The van der Waals surface area contributed by atoms with Crippen LogP contribution < -0.4 is 9.80 Å². The van der Waals surface area contributed by atoms with Crippen molar-refractivity contribution in [2.75, 3.05) is 36.0 Å². The molecule has 4 rings (SSSR count). The van der Waals surface area contributed by atoms with Crippen molar-refractivity contribution in [3.8, 4) is 0 Å². The van der Waals surface area contributed by atoms with E-state index in [0.717, 1.165) is 43.0 Å². The Bertz CT molecular complexity index is 866. The summed E-state index contributed by atoms with van der Waals surface area (Å²) in [6.07, 6.45) is 1.90. The van der Waals surface area contributed by atoms with E-state index in [2.05, 4.69) is 46.8 Å². The Hall–Kier alpha value is -2.62. The number of para-hydroxylation sites is 2. The molecule has 4 heteroatoms. The molecule has 1 saturated heterocycles. The summed E-state index contributed by atoms with van der Waals surface area (Å²) in [4.78, 5) is 14.1. The average molecular weight is 318 g/mol.